The van der Waals surface area contributed by atoms with Crippen LogP contribution in [-0.4, -0.2) is 9.38 Å². The van der Waals surface area contributed by atoms with Crippen molar-refractivity contribution in [2.75, 3.05) is 0 Å². The van der Waals surface area contributed by atoms with E-state index < -0.39 is 0 Å². The maximum Gasteiger partial charge on any atom is 0.0994 e. The third-order valence-corrected chi connectivity index (χ3v) is 1.86. The van der Waals surface area contributed by atoms with E-state index in [4.69, 9.17) is 0 Å². The highest BCUT2D eigenvalue weighted by Gasteiger charge is 1.95. The number of imidazole rings is 1. The third-order valence-electron chi connectivity index (χ3n) is 1.86. The Kier molecular flexibility index (Phi) is 3.07. The van der Waals surface area contributed by atoms with Crippen molar-refractivity contribution in [2.24, 2.45) is 0 Å². The summed E-state index contributed by atoms with van der Waals surface area (Å²) in [6.07, 6.45) is 3.71. The Balaban J connectivity index is 0.000000396. The highest BCUT2D eigenvalue weighted by Crippen LogP contribution is 2.09. The van der Waals surface area contributed by atoms with E-state index in [1.807, 2.05) is 26.4 Å². The molecule has 0 aliphatic heterocycles. The molecule has 0 aliphatic rings. The number of nitrogens with zero attached hydrogens (tertiary/aromatic N) is 2. The van der Waals surface area contributed by atoms with Crippen molar-refractivity contribution in [2.45, 2.75) is 27.7 Å². The Labute approximate surface area is 79.2 Å². The topological polar surface area (TPSA) is 17.3 Å². The Morgan fingerprint density at radius 1 is 1.15 bits per heavy atom. The Morgan fingerprint density at radius 3 is 2.54 bits per heavy atom. The van der Waals surface area contributed by atoms with E-state index >= 15 is 0 Å². The van der Waals surface area contributed by atoms with Crippen LogP contribution in [-0.2, 0) is 0 Å². The summed E-state index contributed by atoms with van der Waals surface area (Å²) >= 11 is 0. The van der Waals surface area contributed by atoms with Gasteiger partial charge in [0.15, 0.2) is 0 Å². The second-order valence-electron chi connectivity index (χ2n) is 2.86. The molecule has 2 heterocycles. The van der Waals surface area contributed by atoms with Crippen LogP contribution in [0.15, 0.2) is 24.7 Å². The summed E-state index contributed by atoms with van der Waals surface area (Å²) in [5.74, 6) is 0. The fourth-order valence-corrected chi connectivity index (χ4v) is 1.38. The lowest BCUT2D eigenvalue weighted by molar-refractivity contribution is 1.07. The Morgan fingerprint density at radius 2 is 1.85 bits per heavy atom. The number of pyridine rings is 1. The summed E-state index contributed by atoms with van der Waals surface area (Å²) in [7, 11) is 0. The molecule has 13 heavy (non-hydrogen) atoms. The van der Waals surface area contributed by atoms with Crippen LogP contribution < -0.4 is 0 Å². The lowest BCUT2D eigenvalue weighted by atomic mass is 10.2. The van der Waals surface area contributed by atoms with Crippen molar-refractivity contribution in [3.63, 3.8) is 0 Å². The Bertz CT molecular complexity index is 388. The Hall–Kier alpha value is -1.31. The van der Waals surface area contributed by atoms with E-state index in [-0.39, 0.29) is 0 Å². The molecule has 0 fully saturated rings. The predicted octanol–water partition coefficient (Wildman–Crippen LogP) is 2.98. The van der Waals surface area contributed by atoms with Gasteiger partial charge in [0.2, 0.25) is 0 Å². The van der Waals surface area contributed by atoms with Crippen LogP contribution in [0.2, 0.25) is 0 Å². The first-order valence-corrected chi connectivity index (χ1v) is 4.67. The fraction of sp³-hybridized carbons (Fsp3) is 0.364. The van der Waals surface area contributed by atoms with Gasteiger partial charge in [0.05, 0.1) is 18.0 Å². The van der Waals surface area contributed by atoms with Crippen LogP contribution in [0.5, 0.6) is 0 Å². The molecule has 70 valence electrons. The first-order valence-electron chi connectivity index (χ1n) is 4.67. The minimum Gasteiger partial charge on any atom is -0.304 e. The predicted molar refractivity (Wildman–Crippen MR) is 56.0 cm³/mol. The summed E-state index contributed by atoms with van der Waals surface area (Å²) in [6.45, 7) is 8.18. The van der Waals surface area contributed by atoms with Gasteiger partial charge in [-0.15, -0.1) is 0 Å². The zero-order chi connectivity index (χ0) is 9.84. The summed E-state index contributed by atoms with van der Waals surface area (Å²) < 4.78 is 2.08. The molecule has 2 heteroatoms. The molecule has 0 radical (unpaired) electrons. The van der Waals surface area contributed by atoms with Crippen LogP contribution in [0.25, 0.3) is 5.52 Å². The van der Waals surface area contributed by atoms with Gasteiger partial charge in [0.25, 0.3) is 0 Å². The lowest BCUT2D eigenvalue weighted by Crippen LogP contribution is -1.89. The smallest absolute Gasteiger partial charge is 0.0994 e. The number of fused-ring (bicyclic) bond motifs is 1. The second kappa shape index (κ2) is 4.08. The SMILES string of the molecule is CC.Cc1cc(C)n2cncc2c1. The molecule has 0 saturated carbocycles. The van der Waals surface area contributed by atoms with Crippen molar-refractivity contribution in [3.05, 3.63) is 35.9 Å². The number of hydrogen-bond donors (Lipinski definition) is 0. The fourth-order valence-electron chi connectivity index (χ4n) is 1.38. The van der Waals surface area contributed by atoms with Gasteiger partial charge in [-0.25, -0.2) is 4.98 Å². The standard InChI is InChI=1S/C9H10N2.C2H6/c1-7-3-8(2)11-6-10-5-9(11)4-7;1-2/h3-6H,1-2H3;1-2H3. The second-order valence-corrected chi connectivity index (χ2v) is 2.86. The highest BCUT2D eigenvalue weighted by molar-refractivity contribution is 5.48. The number of aromatic nitrogens is 2. The highest BCUT2D eigenvalue weighted by atomic mass is 15.0. The molecule has 2 rings (SSSR count). The average Bonchev–Trinajstić information content (AvgIpc) is 2.55. The van der Waals surface area contributed by atoms with Crippen LogP contribution in [0.1, 0.15) is 25.1 Å². The van der Waals surface area contributed by atoms with Crippen LogP contribution in [0.4, 0.5) is 0 Å². The largest absolute Gasteiger partial charge is 0.304 e. The maximum atomic E-state index is 4.07. The third kappa shape index (κ3) is 1.89. The molecule has 0 N–H and O–H groups in total. The molecule has 2 nitrogen and oxygen atoms in total. The molecule has 0 amide bonds. The number of hydrogen-bond acceptors (Lipinski definition) is 1. The van der Waals surface area contributed by atoms with Gasteiger partial charge in [-0.3, -0.25) is 0 Å². The van der Waals surface area contributed by atoms with E-state index in [1.165, 1.54) is 16.8 Å². The van der Waals surface area contributed by atoms with Crippen LogP contribution in [0.3, 0.4) is 0 Å². The van der Waals surface area contributed by atoms with Crippen molar-refractivity contribution in [1.82, 2.24) is 9.38 Å². The molecule has 0 aromatic carbocycles. The normalized spacial score (nSPS) is 9.54. The molecule has 2 aromatic heterocycles. The molecular formula is C11H16N2. The number of rotatable bonds is 0. The van der Waals surface area contributed by atoms with E-state index in [1.54, 1.807) is 0 Å². The van der Waals surface area contributed by atoms with E-state index in [0.717, 1.165) is 0 Å². The first-order chi connectivity index (χ1) is 6.27. The first kappa shape index (κ1) is 9.78. The molecule has 0 unspecified atom stereocenters. The zero-order valence-corrected chi connectivity index (χ0v) is 8.70. The molecule has 0 bridgehead atoms. The minimum atomic E-state index is 1.17. The summed E-state index contributed by atoms with van der Waals surface area (Å²) in [4.78, 5) is 4.07. The summed E-state index contributed by atoms with van der Waals surface area (Å²) in [6, 6.07) is 4.27. The molecule has 0 saturated heterocycles. The van der Waals surface area contributed by atoms with Gasteiger partial charge in [-0.05, 0) is 31.5 Å². The summed E-state index contributed by atoms with van der Waals surface area (Å²) in [5.41, 5.74) is 3.69. The zero-order valence-electron chi connectivity index (χ0n) is 8.70. The van der Waals surface area contributed by atoms with Gasteiger partial charge >= 0.3 is 0 Å². The summed E-state index contributed by atoms with van der Waals surface area (Å²) in [5, 5.41) is 0. The number of aryl methyl sites for hydroxylation is 2. The lowest BCUT2D eigenvalue weighted by Gasteiger charge is -2.00. The molecule has 2 aromatic rings. The van der Waals surface area contributed by atoms with E-state index in [2.05, 4.69) is 35.4 Å². The molecule has 0 aliphatic carbocycles. The van der Waals surface area contributed by atoms with Crippen LogP contribution in [0, 0.1) is 13.8 Å². The maximum absolute atomic E-state index is 4.07. The monoisotopic (exact) mass is 176 g/mol. The van der Waals surface area contributed by atoms with Crippen molar-refractivity contribution >= 4 is 5.52 Å². The van der Waals surface area contributed by atoms with E-state index in [9.17, 15) is 0 Å². The average molecular weight is 176 g/mol. The van der Waals surface area contributed by atoms with Gasteiger partial charge in [0.1, 0.15) is 0 Å². The van der Waals surface area contributed by atoms with Gasteiger partial charge in [-0.2, -0.15) is 0 Å². The van der Waals surface area contributed by atoms with Gasteiger partial charge < -0.3 is 4.40 Å². The minimum absolute atomic E-state index is 1.17. The molecule has 0 atom stereocenters. The quantitative estimate of drug-likeness (QED) is 0.603. The molecular weight excluding hydrogens is 160 g/mol. The van der Waals surface area contributed by atoms with Crippen molar-refractivity contribution in [3.8, 4) is 0 Å². The van der Waals surface area contributed by atoms with Crippen LogP contribution >= 0.6 is 0 Å². The van der Waals surface area contributed by atoms with Crippen molar-refractivity contribution in [1.29, 1.82) is 0 Å². The molecule has 0 spiro atoms. The van der Waals surface area contributed by atoms with Crippen molar-refractivity contribution < 1.29 is 0 Å². The van der Waals surface area contributed by atoms with E-state index in [0.29, 0.717) is 0 Å². The van der Waals surface area contributed by atoms with Gasteiger partial charge in [0, 0.05) is 5.69 Å². The van der Waals surface area contributed by atoms with Gasteiger partial charge in [-0.1, -0.05) is 13.8 Å².